The maximum absolute atomic E-state index is 12.8. The molecule has 0 saturated heterocycles. The highest BCUT2D eigenvalue weighted by molar-refractivity contribution is 6.39. The fourth-order valence-corrected chi connectivity index (χ4v) is 1.78. The van der Waals surface area contributed by atoms with Crippen LogP contribution < -0.4 is 0 Å². The Kier molecular flexibility index (Phi) is 3.36. The Morgan fingerprint density at radius 2 is 2.47 bits per heavy atom. The Labute approximate surface area is 99.9 Å². The fraction of sp³-hybridized carbons (Fsp3) is 0.583. The molecule has 92 valence electrons. The molecule has 0 amide bonds. The van der Waals surface area contributed by atoms with E-state index in [1.807, 2.05) is 6.92 Å². The van der Waals surface area contributed by atoms with Gasteiger partial charge in [0.15, 0.2) is 12.1 Å². The van der Waals surface area contributed by atoms with Crippen molar-refractivity contribution >= 4 is 17.7 Å². The first-order valence-electron chi connectivity index (χ1n) is 5.84. The van der Waals surface area contributed by atoms with E-state index in [1.54, 1.807) is 11.1 Å². The number of ketones is 1. The minimum Gasteiger partial charge on any atom is -0.297 e. The van der Waals surface area contributed by atoms with Gasteiger partial charge in [0.25, 0.3) is 0 Å². The third-order valence-electron chi connectivity index (χ3n) is 2.79. The van der Waals surface area contributed by atoms with Crippen LogP contribution in [0.25, 0.3) is 0 Å². The smallest absolute Gasteiger partial charge is 0.187 e. The zero-order chi connectivity index (χ0) is 12.4. The molecule has 2 aliphatic rings. The van der Waals surface area contributed by atoms with Gasteiger partial charge in [0.05, 0.1) is 11.9 Å². The second-order valence-electron chi connectivity index (χ2n) is 4.31. The topological polar surface area (TPSA) is 45.0 Å². The maximum atomic E-state index is 12.8. The number of nitrogens with zero attached hydrogens (tertiary/aromatic N) is 3. The number of carbonyl (C=O) groups excluding carboxylic acids is 1. The summed E-state index contributed by atoms with van der Waals surface area (Å²) in [6, 6.07) is 0. The lowest BCUT2D eigenvalue weighted by atomic mass is 10.2. The standard InChI is InChI=1S/C12H16FN3O/c1-3-11-10(15-8(2)13)6-14-16(11)7-12(17)9-4-5-9/h3,6,8-9H,4-5,7H2,1-2H3. The SMILES string of the molecule is CC=C1C(=NC(C)F)C=NN1CC(=O)C1CC1. The van der Waals surface area contributed by atoms with E-state index in [-0.39, 0.29) is 18.2 Å². The van der Waals surface area contributed by atoms with Gasteiger partial charge in [0.1, 0.15) is 12.3 Å². The summed E-state index contributed by atoms with van der Waals surface area (Å²) in [5.74, 6) is 0.417. The molecule has 4 nitrogen and oxygen atoms in total. The van der Waals surface area contributed by atoms with Crippen molar-refractivity contribution in [3.63, 3.8) is 0 Å². The highest BCUT2D eigenvalue weighted by Crippen LogP contribution is 2.30. The fourth-order valence-electron chi connectivity index (χ4n) is 1.78. The van der Waals surface area contributed by atoms with Crippen LogP contribution in [0.15, 0.2) is 21.9 Å². The molecular weight excluding hydrogens is 221 g/mol. The third-order valence-corrected chi connectivity index (χ3v) is 2.79. The summed E-state index contributed by atoms with van der Waals surface area (Å²) in [5.41, 5.74) is 1.22. The second-order valence-corrected chi connectivity index (χ2v) is 4.31. The number of carbonyl (C=O) groups is 1. The summed E-state index contributed by atoms with van der Waals surface area (Å²) in [5, 5.41) is 5.69. The molecule has 0 aromatic rings. The minimum atomic E-state index is -1.26. The molecule has 1 aliphatic heterocycles. The maximum Gasteiger partial charge on any atom is 0.187 e. The predicted octanol–water partition coefficient (Wildman–Crippen LogP) is 1.93. The number of aliphatic imine (C=N–C) groups is 1. The van der Waals surface area contributed by atoms with Crippen LogP contribution in [0.2, 0.25) is 0 Å². The highest BCUT2D eigenvalue weighted by atomic mass is 19.1. The van der Waals surface area contributed by atoms with Crippen molar-refractivity contribution in [3.05, 3.63) is 11.8 Å². The minimum absolute atomic E-state index is 0.205. The molecule has 1 fully saturated rings. The van der Waals surface area contributed by atoms with Crippen LogP contribution in [0.3, 0.4) is 0 Å². The Morgan fingerprint density at radius 3 is 3.00 bits per heavy atom. The van der Waals surface area contributed by atoms with E-state index in [0.29, 0.717) is 11.4 Å². The number of allylic oxidation sites excluding steroid dienone is 2. The molecule has 1 atom stereocenters. The first-order chi connectivity index (χ1) is 8.11. The number of Topliss-reactive ketones (excluding diaryl/α,β-unsaturated/α-hetero) is 1. The van der Waals surface area contributed by atoms with E-state index in [4.69, 9.17) is 0 Å². The van der Waals surface area contributed by atoms with Gasteiger partial charge >= 0.3 is 0 Å². The Bertz CT molecular complexity index is 408. The number of alkyl halides is 1. The van der Waals surface area contributed by atoms with E-state index in [9.17, 15) is 9.18 Å². The summed E-state index contributed by atoms with van der Waals surface area (Å²) in [6.07, 6.45) is 4.03. The molecule has 0 aromatic heterocycles. The molecule has 5 heteroatoms. The van der Waals surface area contributed by atoms with Crippen molar-refractivity contribution in [3.8, 4) is 0 Å². The zero-order valence-electron chi connectivity index (χ0n) is 10.1. The van der Waals surface area contributed by atoms with E-state index >= 15 is 0 Å². The van der Waals surface area contributed by atoms with Crippen molar-refractivity contribution in [2.75, 3.05) is 6.54 Å². The number of rotatable bonds is 4. The van der Waals surface area contributed by atoms with Gasteiger partial charge in [-0.05, 0) is 26.7 Å². The van der Waals surface area contributed by atoms with Gasteiger partial charge in [-0.3, -0.25) is 9.80 Å². The number of hydrogen-bond donors (Lipinski definition) is 0. The monoisotopic (exact) mass is 237 g/mol. The van der Waals surface area contributed by atoms with Crippen molar-refractivity contribution in [1.82, 2.24) is 5.01 Å². The quantitative estimate of drug-likeness (QED) is 0.701. The van der Waals surface area contributed by atoms with Gasteiger partial charge < -0.3 is 0 Å². The summed E-state index contributed by atoms with van der Waals surface area (Å²) >= 11 is 0. The molecule has 0 radical (unpaired) electrons. The normalized spacial score (nSPS) is 25.9. The van der Waals surface area contributed by atoms with Gasteiger partial charge in [0.2, 0.25) is 0 Å². The van der Waals surface area contributed by atoms with E-state index < -0.39 is 6.30 Å². The molecule has 1 aliphatic carbocycles. The number of halogens is 1. The lowest BCUT2D eigenvalue weighted by Gasteiger charge is -2.15. The van der Waals surface area contributed by atoms with Crippen molar-refractivity contribution in [2.24, 2.45) is 16.0 Å². The van der Waals surface area contributed by atoms with Gasteiger partial charge in [-0.2, -0.15) is 5.10 Å². The van der Waals surface area contributed by atoms with E-state index in [2.05, 4.69) is 10.1 Å². The second kappa shape index (κ2) is 4.77. The molecular formula is C12H16FN3O. The summed E-state index contributed by atoms with van der Waals surface area (Å²) < 4.78 is 12.8. The van der Waals surface area contributed by atoms with Crippen LogP contribution in [-0.4, -0.2) is 35.6 Å². The molecule has 1 heterocycles. The third kappa shape index (κ3) is 2.78. The Balaban J connectivity index is 2.05. The summed E-state index contributed by atoms with van der Waals surface area (Å²) in [7, 11) is 0. The molecule has 17 heavy (non-hydrogen) atoms. The van der Waals surface area contributed by atoms with Crippen LogP contribution in [0, 0.1) is 5.92 Å². The van der Waals surface area contributed by atoms with Crippen LogP contribution in [-0.2, 0) is 4.79 Å². The Hall–Kier alpha value is -1.52. The summed E-state index contributed by atoms with van der Waals surface area (Å²) in [6.45, 7) is 3.46. The van der Waals surface area contributed by atoms with Gasteiger partial charge in [-0.1, -0.05) is 6.08 Å². The predicted molar refractivity (Wildman–Crippen MR) is 64.7 cm³/mol. The van der Waals surface area contributed by atoms with Gasteiger partial charge in [-0.25, -0.2) is 9.38 Å². The van der Waals surface area contributed by atoms with Crippen LogP contribution in [0.5, 0.6) is 0 Å². The van der Waals surface area contributed by atoms with Crippen molar-refractivity contribution < 1.29 is 9.18 Å². The molecule has 2 rings (SSSR count). The lowest BCUT2D eigenvalue weighted by Crippen LogP contribution is -2.25. The van der Waals surface area contributed by atoms with Gasteiger partial charge in [-0.15, -0.1) is 0 Å². The first-order valence-corrected chi connectivity index (χ1v) is 5.84. The average Bonchev–Trinajstić information content (AvgIpc) is 3.04. The number of hydrazone groups is 1. The average molecular weight is 237 g/mol. The van der Waals surface area contributed by atoms with Crippen molar-refractivity contribution in [2.45, 2.75) is 33.0 Å². The lowest BCUT2D eigenvalue weighted by molar-refractivity contribution is -0.120. The number of hydrogen-bond acceptors (Lipinski definition) is 4. The molecule has 0 bridgehead atoms. The molecule has 0 spiro atoms. The van der Waals surface area contributed by atoms with Gasteiger partial charge in [0, 0.05) is 5.92 Å². The van der Waals surface area contributed by atoms with E-state index in [0.717, 1.165) is 12.8 Å². The molecule has 1 saturated carbocycles. The van der Waals surface area contributed by atoms with E-state index in [1.165, 1.54) is 13.1 Å². The van der Waals surface area contributed by atoms with Crippen LogP contribution in [0.4, 0.5) is 4.39 Å². The summed E-state index contributed by atoms with van der Waals surface area (Å²) in [4.78, 5) is 15.5. The molecule has 0 N–H and O–H groups in total. The molecule has 0 aromatic carbocycles. The largest absolute Gasteiger partial charge is 0.297 e. The van der Waals surface area contributed by atoms with Crippen LogP contribution in [0.1, 0.15) is 26.7 Å². The zero-order valence-corrected chi connectivity index (χ0v) is 10.1. The highest BCUT2D eigenvalue weighted by Gasteiger charge is 2.32. The Morgan fingerprint density at radius 1 is 1.76 bits per heavy atom. The van der Waals surface area contributed by atoms with Crippen LogP contribution >= 0.6 is 0 Å². The first kappa shape index (κ1) is 12.0. The van der Waals surface area contributed by atoms with Crippen molar-refractivity contribution in [1.29, 1.82) is 0 Å². The molecule has 1 unspecified atom stereocenters.